The molecule has 68 valence electrons. The van der Waals surface area contributed by atoms with Crippen molar-refractivity contribution in [1.29, 1.82) is 0 Å². The molecule has 0 spiro atoms. The molecule has 0 aliphatic heterocycles. The number of nitrogens with one attached hydrogen (secondary N) is 1. The number of ether oxygens (including phenoxy) is 1. The van der Waals surface area contributed by atoms with Crippen LogP contribution in [0.25, 0.3) is 11.2 Å². The number of nitrogens with zero attached hydrogens (tertiary/aromatic N) is 4. The third-order valence-electron chi connectivity index (χ3n) is 1.63. The zero-order valence-corrected chi connectivity index (χ0v) is 6.93. The molecule has 0 aliphatic carbocycles. The average molecular weight is 180 g/mol. The predicted molar refractivity (Wildman–Crippen MR) is 45.4 cm³/mol. The average Bonchev–Trinajstić information content (AvgIpc) is 2.60. The number of rotatable bonds is 2. The lowest BCUT2D eigenvalue weighted by atomic mass is 10.5. The molecule has 0 radical (unpaired) electrons. The maximum Gasteiger partial charge on any atom is 0.245 e. The molecule has 0 saturated heterocycles. The molecule has 3 N–H and O–H groups in total. The highest BCUT2D eigenvalue weighted by Crippen LogP contribution is 2.17. The largest absolute Gasteiger partial charge is 0.479 e. The number of hydrazine groups is 1. The quantitative estimate of drug-likeness (QED) is 0.467. The van der Waals surface area contributed by atoms with Crippen LogP contribution in [0.3, 0.4) is 0 Å². The molecule has 0 unspecified atom stereocenters. The number of aromatic nitrogens is 4. The highest BCUT2D eigenvalue weighted by atomic mass is 16.5. The lowest BCUT2D eigenvalue weighted by molar-refractivity contribution is 0.401. The molecule has 0 atom stereocenters. The maximum absolute atomic E-state index is 5.22. The topological polar surface area (TPSA) is 90.9 Å². The summed E-state index contributed by atoms with van der Waals surface area (Å²) >= 11 is 0. The van der Waals surface area contributed by atoms with Gasteiger partial charge >= 0.3 is 0 Å². The van der Waals surface area contributed by atoms with Gasteiger partial charge in [0, 0.05) is 0 Å². The Labute approximate surface area is 73.5 Å². The van der Waals surface area contributed by atoms with Crippen LogP contribution < -0.4 is 16.1 Å². The van der Waals surface area contributed by atoms with E-state index in [4.69, 9.17) is 10.6 Å². The molecule has 0 aromatic carbocycles. The molecule has 0 saturated carbocycles. The summed E-state index contributed by atoms with van der Waals surface area (Å²) in [5.41, 5.74) is 3.56. The molecule has 2 heterocycles. The number of methoxy groups -OCH3 is 1. The molecule has 2 rings (SSSR count). The van der Waals surface area contributed by atoms with Gasteiger partial charge in [-0.05, 0) is 0 Å². The van der Waals surface area contributed by atoms with Crippen LogP contribution in [0.5, 0.6) is 5.88 Å². The van der Waals surface area contributed by atoms with E-state index in [1.54, 1.807) is 0 Å². The van der Waals surface area contributed by atoms with Crippen molar-refractivity contribution < 1.29 is 4.74 Å². The summed E-state index contributed by atoms with van der Waals surface area (Å²) in [5, 5.41) is 0. The Hall–Kier alpha value is -1.89. The van der Waals surface area contributed by atoms with E-state index < -0.39 is 0 Å². The van der Waals surface area contributed by atoms with E-state index in [1.807, 2.05) is 0 Å². The summed E-state index contributed by atoms with van der Waals surface area (Å²) < 4.78 is 6.46. The Morgan fingerprint density at radius 3 is 3.00 bits per heavy atom. The molecular weight excluding hydrogens is 172 g/mol. The summed E-state index contributed by atoms with van der Waals surface area (Å²) in [6.45, 7) is 0. The molecule has 2 aromatic rings. The second-order valence-electron chi connectivity index (χ2n) is 2.30. The number of fused-ring (bicyclic) bond motifs is 1. The van der Waals surface area contributed by atoms with Crippen molar-refractivity contribution in [3.05, 3.63) is 12.7 Å². The summed E-state index contributed by atoms with van der Waals surface area (Å²) in [5.74, 6) is 5.65. The minimum absolute atomic E-state index is 0.430. The van der Waals surface area contributed by atoms with Gasteiger partial charge in [0.05, 0.1) is 7.11 Å². The summed E-state index contributed by atoms with van der Waals surface area (Å²) in [6.07, 6.45) is 2.89. The first-order valence-corrected chi connectivity index (χ1v) is 3.55. The van der Waals surface area contributed by atoms with Gasteiger partial charge in [-0.3, -0.25) is 5.53 Å². The Morgan fingerprint density at radius 1 is 1.46 bits per heavy atom. The smallest absolute Gasteiger partial charge is 0.245 e. The molecule has 7 nitrogen and oxygen atoms in total. The van der Waals surface area contributed by atoms with Crippen molar-refractivity contribution in [2.45, 2.75) is 0 Å². The lowest BCUT2D eigenvalue weighted by Gasteiger charge is -2.00. The van der Waals surface area contributed by atoms with Gasteiger partial charge in [0.15, 0.2) is 11.2 Å². The molecule has 7 heteroatoms. The Balaban J connectivity index is 2.72. The lowest BCUT2D eigenvalue weighted by Crippen LogP contribution is -2.20. The fourth-order valence-electron chi connectivity index (χ4n) is 1.06. The van der Waals surface area contributed by atoms with Gasteiger partial charge in [-0.25, -0.2) is 20.5 Å². The van der Waals surface area contributed by atoms with E-state index >= 15 is 0 Å². The first-order chi connectivity index (χ1) is 6.36. The minimum Gasteiger partial charge on any atom is -0.479 e. The first kappa shape index (κ1) is 7.74. The van der Waals surface area contributed by atoms with Crippen molar-refractivity contribution in [1.82, 2.24) is 19.6 Å². The van der Waals surface area contributed by atoms with Crippen LogP contribution in [0.4, 0.5) is 0 Å². The van der Waals surface area contributed by atoms with Gasteiger partial charge in [0.25, 0.3) is 0 Å². The summed E-state index contributed by atoms with van der Waals surface area (Å²) in [7, 11) is 1.52. The molecule has 0 bridgehead atoms. The van der Waals surface area contributed by atoms with Crippen LogP contribution in [0.15, 0.2) is 12.7 Å². The second-order valence-corrected chi connectivity index (χ2v) is 2.30. The Bertz CT molecular complexity index is 424. The van der Waals surface area contributed by atoms with Crippen LogP contribution in [-0.4, -0.2) is 26.7 Å². The fourth-order valence-corrected chi connectivity index (χ4v) is 1.06. The monoisotopic (exact) mass is 180 g/mol. The zero-order chi connectivity index (χ0) is 9.26. The third-order valence-corrected chi connectivity index (χ3v) is 1.63. The van der Waals surface area contributed by atoms with E-state index in [1.165, 1.54) is 24.4 Å². The molecule has 0 fully saturated rings. The van der Waals surface area contributed by atoms with Gasteiger partial charge in [0.1, 0.15) is 12.7 Å². The summed E-state index contributed by atoms with van der Waals surface area (Å²) in [6, 6.07) is 0. The maximum atomic E-state index is 5.22. The molecular formula is C6H8N6O. The van der Waals surface area contributed by atoms with E-state index in [0.717, 1.165) is 0 Å². The highest BCUT2D eigenvalue weighted by molar-refractivity contribution is 5.75. The SMILES string of the molecule is COc1ncnc2c1ncn2NN. The van der Waals surface area contributed by atoms with Crippen molar-refractivity contribution >= 4 is 11.2 Å². The fraction of sp³-hybridized carbons (Fsp3) is 0.167. The normalized spacial score (nSPS) is 10.3. The van der Waals surface area contributed by atoms with E-state index in [9.17, 15) is 0 Å². The standard InChI is InChI=1S/C6H8N6O/c1-13-6-4-5(8-2-9-6)12(11-7)3-10-4/h2-3,11H,7H2,1H3. The number of imidazole rings is 1. The van der Waals surface area contributed by atoms with Crippen molar-refractivity contribution in [2.75, 3.05) is 12.6 Å². The zero-order valence-electron chi connectivity index (χ0n) is 6.93. The van der Waals surface area contributed by atoms with Crippen LogP contribution in [-0.2, 0) is 0 Å². The van der Waals surface area contributed by atoms with Crippen LogP contribution in [0.1, 0.15) is 0 Å². The number of hydrogen-bond donors (Lipinski definition) is 2. The first-order valence-electron chi connectivity index (χ1n) is 3.55. The Kier molecular flexibility index (Phi) is 1.71. The molecule has 0 amide bonds. The van der Waals surface area contributed by atoms with Gasteiger partial charge in [0.2, 0.25) is 5.88 Å². The van der Waals surface area contributed by atoms with Crippen LogP contribution in [0.2, 0.25) is 0 Å². The highest BCUT2D eigenvalue weighted by Gasteiger charge is 2.08. The molecule has 2 aromatic heterocycles. The van der Waals surface area contributed by atoms with Crippen molar-refractivity contribution in [3.8, 4) is 5.88 Å². The van der Waals surface area contributed by atoms with Gasteiger partial charge in [-0.2, -0.15) is 4.98 Å². The summed E-state index contributed by atoms with van der Waals surface area (Å²) in [4.78, 5) is 11.9. The van der Waals surface area contributed by atoms with Crippen molar-refractivity contribution in [2.24, 2.45) is 5.84 Å². The number of nitrogen functional groups attached to an aromatic ring is 1. The molecule has 13 heavy (non-hydrogen) atoms. The van der Waals surface area contributed by atoms with Crippen molar-refractivity contribution in [3.63, 3.8) is 0 Å². The van der Waals surface area contributed by atoms with E-state index in [0.29, 0.717) is 17.0 Å². The van der Waals surface area contributed by atoms with Gasteiger partial charge in [-0.1, -0.05) is 0 Å². The molecule has 0 aliphatic rings. The predicted octanol–water partition coefficient (Wildman–Crippen LogP) is -0.748. The number of hydrogen-bond acceptors (Lipinski definition) is 6. The van der Waals surface area contributed by atoms with Gasteiger partial charge in [-0.15, -0.1) is 0 Å². The van der Waals surface area contributed by atoms with Gasteiger partial charge < -0.3 is 4.74 Å². The number of nitrogens with two attached hydrogens (primary N) is 1. The van der Waals surface area contributed by atoms with E-state index in [2.05, 4.69) is 20.5 Å². The second kappa shape index (κ2) is 2.87. The third kappa shape index (κ3) is 1.05. The van der Waals surface area contributed by atoms with Crippen LogP contribution in [0, 0.1) is 0 Å². The van der Waals surface area contributed by atoms with Crippen LogP contribution >= 0.6 is 0 Å². The van der Waals surface area contributed by atoms with E-state index in [-0.39, 0.29) is 0 Å². The minimum atomic E-state index is 0.430. The Morgan fingerprint density at radius 2 is 2.31 bits per heavy atom.